The van der Waals surface area contributed by atoms with E-state index in [0.29, 0.717) is 0 Å². The molecule has 0 spiro atoms. The van der Waals surface area contributed by atoms with Crippen molar-refractivity contribution in [3.63, 3.8) is 0 Å². The lowest BCUT2D eigenvalue weighted by atomic mass is 10.3. The maximum absolute atomic E-state index is 5.91. The SMILES string of the molecule is CCCc1nc(NC)cc(NCc2ccc(Cl)s2)n1. The summed E-state index contributed by atoms with van der Waals surface area (Å²) < 4.78 is 0.807. The van der Waals surface area contributed by atoms with Crippen molar-refractivity contribution in [2.24, 2.45) is 0 Å². The number of hydrogen-bond donors (Lipinski definition) is 2. The maximum atomic E-state index is 5.91. The fraction of sp³-hybridized carbons (Fsp3) is 0.385. The Kier molecular flexibility index (Phi) is 4.99. The Morgan fingerprint density at radius 1 is 1.26 bits per heavy atom. The molecule has 0 unspecified atom stereocenters. The van der Waals surface area contributed by atoms with Crippen LogP contribution in [0.25, 0.3) is 0 Å². The fourth-order valence-electron chi connectivity index (χ4n) is 1.68. The Hall–Kier alpha value is -1.33. The van der Waals surface area contributed by atoms with Gasteiger partial charge in [0.1, 0.15) is 17.5 Å². The normalized spacial score (nSPS) is 10.5. The molecule has 0 saturated heterocycles. The molecule has 2 heterocycles. The Bertz CT molecular complexity index is 541. The lowest BCUT2D eigenvalue weighted by Gasteiger charge is -2.08. The van der Waals surface area contributed by atoms with Gasteiger partial charge >= 0.3 is 0 Å². The number of rotatable bonds is 6. The van der Waals surface area contributed by atoms with Gasteiger partial charge in [-0.25, -0.2) is 9.97 Å². The van der Waals surface area contributed by atoms with E-state index in [9.17, 15) is 0 Å². The average Bonchev–Trinajstić information content (AvgIpc) is 2.82. The Labute approximate surface area is 122 Å². The van der Waals surface area contributed by atoms with Gasteiger partial charge in [0.2, 0.25) is 0 Å². The number of anilines is 2. The van der Waals surface area contributed by atoms with Gasteiger partial charge in [0, 0.05) is 24.4 Å². The average molecular weight is 297 g/mol. The Morgan fingerprint density at radius 3 is 2.68 bits per heavy atom. The fourth-order valence-corrected chi connectivity index (χ4v) is 2.70. The van der Waals surface area contributed by atoms with Crippen LogP contribution in [-0.4, -0.2) is 17.0 Å². The largest absolute Gasteiger partial charge is 0.373 e. The quantitative estimate of drug-likeness (QED) is 0.851. The van der Waals surface area contributed by atoms with Gasteiger partial charge in [0.15, 0.2) is 0 Å². The zero-order valence-electron chi connectivity index (χ0n) is 11.0. The summed E-state index contributed by atoms with van der Waals surface area (Å²) in [6.45, 7) is 2.85. The predicted molar refractivity (Wildman–Crippen MR) is 82.2 cm³/mol. The van der Waals surface area contributed by atoms with E-state index in [1.807, 2.05) is 25.2 Å². The van der Waals surface area contributed by atoms with Gasteiger partial charge in [0.25, 0.3) is 0 Å². The molecular formula is C13H17ClN4S. The number of hydrogen-bond acceptors (Lipinski definition) is 5. The number of thiophene rings is 1. The highest BCUT2D eigenvalue weighted by atomic mass is 35.5. The zero-order chi connectivity index (χ0) is 13.7. The summed E-state index contributed by atoms with van der Waals surface area (Å²) in [5.74, 6) is 2.54. The molecule has 0 amide bonds. The van der Waals surface area contributed by atoms with Crippen LogP contribution in [0.2, 0.25) is 4.34 Å². The molecule has 2 aromatic heterocycles. The van der Waals surface area contributed by atoms with Crippen molar-refractivity contribution in [2.45, 2.75) is 26.3 Å². The highest BCUT2D eigenvalue weighted by molar-refractivity contribution is 7.16. The van der Waals surface area contributed by atoms with Crippen molar-refractivity contribution in [2.75, 3.05) is 17.7 Å². The maximum Gasteiger partial charge on any atom is 0.133 e. The molecule has 0 aliphatic heterocycles. The molecule has 2 aromatic rings. The van der Waals surface area contributed by atoms with E-state index in [1.54, 1.807) is 11.3 Å². The van der Waals surface area contributed by atoms with Gasteiger partial charge in [-0.3, -0.25) is 0 Å². The van der Waals surface area contributed by atoms with Gasteiger partial charge in [-0.1, -0.05) is 18.5 Å². The van der Waals surface area contributed by atoms with Crippen LogP contribution >= 0.6 is 22.9 Å². The molecular weight excluding hydrogens is 280 g/mol. The van der Waals surface area contributed by atoms with Gasteiger partial charge < -0.3 is 10.6 Å². The van der Waals surface area contributed by atoms with Crippen molar-refractivity contribution in [1.82, 2.24) is 9.97 Å². The molecule has 19 heavy (non-hydrogen) atoms. The molecule has 0 fully saturated rings. The number of halogens is 1. The first-order valence-corrected chi connectivity index (χ1v) is 7.44. The highest BCUT2D eigenvalue weighted by Gasteiger charge is 2.04. The topological polar surface area (TPSA) is 49.8 Å². The first-order valence-electron chi connectivity index (χ1n) is 6.25. The molecule has 0 saturated carbocycles. The van der Waals surface area contributed by atoms with Gasteiger partial charge in [-0.15, -0.1) is 11.3 Å². The summed E-state index contributed by atoms with van der Waals surface area (Å²) in [7, 11) is 1.86. The Morgan fingerprint density at radius 2 is 2.05 bits per heavy atom. The van der Waals surface area contributed by atoms with E-state index < -0.39 is 0 Å². The zero-order valence-corrected chi connectivity index (χ0v) is 12.6. The van der Waals surface area contributed by atoms with Crippen LogP contribution in [0.3, 0.4) is 0 Å². The summed E-state index contributed by atoms with van der Waals surface area (Å²) in [5, 5.41) is 6.37. The molecule has 0 atom stereocenters. The first-order chi connectivity index (χ1) is 9.21. The summed E-state index contributed by atoms with van der Waals surface area (Å²) in [6, 6.07) is 5.84. The first kappa shape index (κ1) is 14.1. The third kappa shape index (κ3) is 4.08. The van der Waals surface area contributed by atoms with Crippen LogP contribution in [-0.2, 0) is 13.0 Å². The highest BCUT2D eigenvalue weighted by Crippen LogP contribution is 2.22. The van der Waals surface area contributed by atoms with Crippen LogP contribution in [0.4, 0.5) is 11.6 Å². The second-order valence-corrected chi connectivity index (χ2v) is 5.91. The molecule has 102 valence electrons. The summed E-state index contributed by atoms with van der Waals surface area (Å²) in [4.78, 5) is 10.1. The van der Waals surface area contributed by atoms with E-state index in [2.05, 4.69) is 27.5 Å². The molecule has 0 aromatic carbocycles. The van der Waals surface area contributed by atoms with Crippen LogP contribution in [0.1, 0.15) is 24.0 Å². The van der Waals surface area contributed by atoms with Crippen molar-refractivity contribution in [3.8, 4) is 0 Å². The molecule has 2 rings (SSSR count). The second kappa shape index (κ2) is 6.73. The summed E-state index contributed by atoms with van der Waals surface area (Å²) in [5.41, 5.74) is 0. The number of aromatic nitrogens is 2. The molecule has 0 aliphatic carbocycles. The van der Waals surface area contributed by atoms with E-state index >= 15 is 0 Å². The number of nitrogens with zero attached hydrogens (tertiary/aromatic N) is 2. The number of nitrogens with one attached hydrogen (secondary N) is 2. The number of aryl methyl sites for hydroxylation is 1. The van der Waals surface area contributed by atoms with E-state index in [0.717, 1.165) is 41.2 Å². The van der Waals surface area contributed by atoms with Crippen molar-refractivity contribution < 1.29 is 0 Å². The van der Waals surface area contributed by atoms with Crippen LogP contribution in [0.15, 0.2) is 18.2 Å². The van der Waals surface area contributed by atoms with E-state index in [-0.39, 0.29) is 0 Å². The summed E-state index contributed by atoms with van der Waals surface area (Å²) in [6.07, 6.45) is 1.92. The smallest absolute Gasteiger partial charge is 0.133 e. The third-order valence-electron chi connectivity index (χ3n) is 2.57. The molecule has 4 nitrogen and oxygen atoms in total. The van der Waals surface area contributed by atoms with Gasteiger partial charge in [-0.2, -0.15) is 0 Å². The minimum atomic E-state index is 0.725. The molecule has 0 radical (unpaired) electrons. The van der Waals surface area contributed by atoms with E-state index in [4.69, 9.17) is 11.6 Å². The standard InChI is InChI=1S/C13H17ClN4S/c1-3-4-11-17-12(15-2)7-13(18-11)16-8-9-5-6-10(14)19-9/h5-7H,3-4,8H2,1-2H3,(H2,15,16,17,18). The van der Waals surface area contributed by atoms with Crippen molar-refractivity contribution in [1.29, 1.82) is 0 Å². The van der Waals surface area contributed by atoms with Crippen LogP contribution < -0.4 is 10.6 Å². The minimum absolute atomic E-state index is 0.725. The summed E-state index contributed by atoms with van der Waals surface area (Å²) >= 11 is 7.49. The van der Waals surface area contributed by atoms with Gasteiger partial charge in [-0.05, 0) is 18.6 Å². The lowest BCUT2D eigenvalue weighted by Crippen LogP contribution is -2.06. The molecule has 6 heteroatoms. The molecule has 0 bridgehead atoms. The Balaban J connectivity index is 2.08. The second-order valence-electron chi connectivity index (χ2n) is 4.11. The van der Waals surface area contributed by atoms with Gasteiger partial charge in [0.05, 0.1) is 10.9 Å². The monoisotopic (exact) mass is 296 g/mol. The van der Waals surface area contributed by atoms with Crippen molar-refractivity contribution >= 4 is 34.6 Å². The van der Waals surface area contributed by atoms with Crippen LogP contribution in [0.5, 0.6) is 0 Å². The van der Waals surface area contributed by atoms with Crippen molar-refractivity contribution in [3.05, 3.63) is 33.2 Å². The minimum Gasteiger partial charge on any atom is -0.373 e. The van der Waals surface area contributed by atoms with E-state index in [1.165, 1.54) is 4.88 Å². The van der Waals surface area contributed by atoms with Crippen LogP contribution in [0, 0.1) is 0 Å². The predicted octanol–water partition coefficient (Wildman–Crippen LogP) is 3.80. The third-order valence-corrected chi connectivity index (χ3v) is 3.81. The molecule has 0 aliphatic rings. The molecule has 2 N–H and O–H groups in total. The lowest BCUT2D eigenvalue weighted by molar-refractivity contribution is 0.835.